The van der Waals surface area contributed by atoms with E-state index in [1.165, 1.54) is 12.1 Å². The molecule has 0 amide bonds. The van der Waals surface area contributed by atoms with Crippen molar-refractivity contribution in [2.24, 2.45) is 0 Å². The Kier molecular flexibility index (Phi) is 5.35. The van der Waals surface area contributed by atoms with Crippen LogP contribution in [-0.4, -0.2) is 12.6 Å². The third-order valence-electron chi connectivity index (χ3n) is 2.30. The van der Waals surface area contributed by atoms with E-state index in [4.69, 9.17) is 0 Å². The van der Waals surface area contributed by atoms with Crippen LogP contribution in [0.2, 0.25) is 0 Å². The van der Waals surface area contributed by atoms with Gasteiger partial charge in [-0.3, -0.25) is 0 Å². The first-order valence-electron chi connectivity index (χ1n) is 5.38. The van der Waals surface area contributed by atoms with Crippen LogP contribution in [0, 0.1) is 11.6 Å². The van der Waals surface area contributed by atoms with Gasteiger partial charge in [-0.2, -0.15) is 0 Å². The Bertz CT molecular complexity index is 353. The first-order valence-corrected chi connectivity index (χ1v) is 6.17. The van der Waals surface area contributed by atoms with Crippen LogP contribution in [0.4, 0.5) is 8.78 Å². The van der Waals surface area contributed by atoms with Crippen LogP contribution < -0.4 is 5.32 Å². The second kappa shape index (κ2) is 6.30. The number of halogens is 3. The van der Waals surface area contributed by atoms with Crippen molar-refractivity contribution in [3.05, 3.63) is 33.8 Å². The fraction of sp³-hybridized carbons (Fsp3) is 0.500. The Morgan fingerprint density at radius 1 is 1.31 bits per heavy atom. The second-order valence-corrected chi connectivity index (χ2v) is 4.89. The molecule has 0 unspecified atom stereocenters. The van der Waals surface area contributed by atoms with Gasteiger partial charge in [-0.1, -0.05) is 13.8 Å². The van der Waals surface area contributed by atoms with Gasteiger partial charge < -0.3 is 5.32 Å². The summed E-state index contributed by atoms with van der Waals surface area (Å²) in [5.41, 5.74) is 0.167. The molecular weight excluding hydrogens is 276 g/mol. The summed E-state index contributed by atoms with van der Waals surface area (Å²) in [6.07, 6.45) is 1.14. The van der Waals surface area contributed by atoms with Gasteiger partial charge in [0.05, 0.1) is 4.47 Å². The molecular formula is C12H16BrF2N. The van der Waals surface area contributed by atoms with E-state index in [0.717, 1.165) is 13.0 Å². The van der Waals surface area contributed by atoms with Gasteiger partial charge in [0.15, 0.2) is 0 Å². The predicted molar refractivity (Wildman–Crippen MR) is 65.5 cm³/mol. The smallest absolute Gasteiger partial charge is 0.143 e. The van der Waals surface area contributed by atoms with E-state index in [1.54, 1.807) is 0 Å². The van der Waals surface area contributed by atoms with Crippen LogP contribution in [0.1, 0.15) is 25.8 Å². The van der Waals surface area contributed by atoms with Gasteiger partial charge in [-0.05, 0) is 47.4 Å². The fourth-order valence-electron chi connectivity index (χ4n) is 1.45. The van der Waals surface area contributed by atoms with Crippen molar-refractivity contribution in [3.63, 3.8) is 0 Å². The third kappa shape index (κ3) is 3.83. The van der Waals surface area contributed by atoms with Crippen molar-refractivity contribution in [1.29, 1.82) is 0 Å². The average molecular weight is 292 g/mol. The molecule has 0 saturated heterocycles. The lowest BCUT2D eigenvalue weighted by Gasteiger charge is -2.09. The predicted octanol–water partition coefficient (Wildman–Crippen LogP) is 3.66. The molecule has 0 bridgehead atoms. The van der Waals surface area contributed by atoms with E-state index >= 15 is 0 Å². The zero-order chi connectivity index (χ0) is 12.1. The van der Waals surface area contributed by atoms with E-state index in [9.17, 15) is 8.78 Å². The zero-order valence-corrected chi connectivity index (χ0v) is 11.1. The topological polar surface area (TPSA) is 12.0 Å². The molecule has 1 rings (SSSR count). The van der Waals surface area contributed by atoms with Gasteiger partial charge in [0, 0.05) is 11.6 Å². The standard InChI is InChI=1S/C12H16BrF2N/c1-8(2)16-7-3-4-9-11(14)6-5-10(13)12(9)15/h5-6,8,16H,3-4,7H2,1-2H3. The van der Waals surface area contributed by atoms with Crippen molar-refractivity contribution in [2.45, 2.75) is 32.7 Å². The fourth-order valence-corrected chi connectivity index (χ4v) is 1.83. The maximum absolute atomic E-state index is 13.5. The third-order valence-corrected chi connectivity index (χ3v) is 2.91. The van der Waals surface area contributed by atoms with Crippen molar-refractivity contribution < 1.29 is 8.78 Å². The lowest BCUT2D eigenvalue weighted by atomic mass is 10.1. The molecule has 0 atom stereocenters. The molecule has 0 fully saturated rings. The molecule has 0 saturated carbocycles. The summed E-state index contributed by atoms with van der Waals surface area (Å²) >= 11 is 3.06. The highest BCUT2D eigenvalue weighted by atomic mass is 79.9. The SMILES string of the molecule is CC(C)NCCCc1c(F)ccc(Br)c1F. The maximum atomic E-state index is 13.5. The molecule has 0 heterocycles. The van der Waals surface area contributed by atoms with E-state index in [2.05, 4.69) is 21.2 Å². The van der Waals surface area contributed by atoms with E-state index in [1.807, 2.05) is 13.8 Å². The molecule has 1 aromatic rings. The normalized spacial score (nSPS) is 11.1. The Morgan fingerprint density at radius 2 is 2.00 bits per heavy atom. The summed E-state index contributed by atoms with van der Waals surface area (Å²) in [4.78, 5) is 0. The van der Waals surface area contributed by atoms with Crippen LogP contribution in [0.25, 0.3) is 0 Å². The quantitative estimate of drug-likeness (QED) is 0.645. The minimum absolute atomic E-state index is 0.167. The van der Waals surface area contributed by atoms with Crippen LogP contribution >= 0.6 is 15.9 Å². The van der Waals surface area contributed by atoms with Crippen LogP contribution in [0.15, 0.2) is 16.6 Å². The highest BCUT2D eigenvalue weighted by molar-refractivity contribution is 9.10. The Hall–Kier alpha value is -0.480. The number of hydrogen-bond acceptors (Lipinski definition) is 1. The molecule has 1 N–H and O–H groups in total. The summed E-state index contributed by atoms with van der Waals surface area (Å²) in [5, 5.41) is 3.21. The van der Waals surface area contributed by atoms with E-state index in [-0.39, 0.29) is 5.56 Å². The number of nitrogens with one attached hydrogen (secondary N) is 1. The van der Waals surface area contributed by atoms with Crippen molar-refractivity contribution in [1.82, 2.24) is 5.32 Å². The molecule has 1 aromatic carbocycles. The van der Waals surface area contributed by atoms with Crippen molar-refractivity contribution in [2.75, 3.05) is 6.54 Å². The molecule has 0 spiro atoms. The Morgan fingerprint density at radius 3 is 2.62 bits per heavy atom. The molecule has 16 heavy (non-hydrogen) atoms. The summed E-state index contributed by atoms with van der Waals surface area (Å²) in [6.45, 7) is 4.85. The first kappa shape index (κ1) is 13.6. The number of hydrogen-bond donors (Lipinski definition) is 1. The minimum atomic E-state index is -0.482. The molecule has 1 nitrogen and oxygen atoms in total. The minimum Gasteiger partial charge on any atom is -0.315 e. The summed E-state index contributed by atoms with van der Waals surface area (Å²) < 4.78 is 27.2. The van der Waals surface area contributed by atoms with Crippen LogP contribution in [0.5, 0.6) is 0 Å². The zero-order valence-electron chi connectivity index (χ0n) is 9.49. The summed E-state index contributed by atoms with van der Waals surface area (Å²) in [7, 11) is 0. The molecule has 90 valence electrons. The number of rotatable bonds is 5. The maximum Gasteiger partial charge on any atom is 0.143 e. The van der Waals surface area contributed by atoms with Gasteiger partial charge in [0.25, 0.3) is 0 Å². The van der Waals surface area contributed by atoms with E-state index in [0.29, 0.717) is 16.9 Å². The van der Waals surface area contributed by atoms with Crippen molar-refractivity contribution in [3.8, 4) is 0 Å². The average Bonchev–Trinajstić information content (AvgIpc) is 2.22. The summed E-state index contributed by atoms with van der Waals surface area (Å²) in [5.74, 6) is -0.949. The van der Waals surface area contributed by atoms with Gasteiger partial charge >= 0.3 is 0 Å². The molecule has 0 radical (unpaired) electrons. The van der Waals surface area contributed by atoms with Crippen molar-refractivity contribution >= 4 is 15.9 Å². The summed E-state index contributed by atoms with van der Waals surface area (Å²) in [6, 6.07) is 3.08. The first-order chi connectivity index (χ1) is 7.52. The molecule has 0 aromatic heterocycles. The lowest BCUT2D eigenvalue weighted by molar-refractivity contribution is 0.529. The lowest BCUT2D eigenvalue weighted by Crippen LogP contribution is -2.24. The largest absolute Gasteiger partial charge is 0.315 e. The molecule has 4 heteroatoms. The van der Waals surface area contributed by atoms with Crippen LogP contribution in [-0.2, 0) is 6.42 Å². The second-order valence-electron chi connectivity index (χ2n) is 4.03. The Balaban J connectivity index is 2.56. The highest BCUT2D eigenvalue weighted by Crippen LogP contribution is 2.22. The van der Waals surface area contributed by atoms with E-state index < -0.39 is 11.6 Å². The van der Waals surface area contributed by atoms with Gasteiger partial charge in [0.2, 0.25) is 0 Å². The van der Waals surface area contributed by atoms with Gasteiger partial charge in [-0.15, -0.1) is 0 Å². The van der Waals surface area contributed by atoms with Crippen LogP contribution in [0.3, 0.4) is 0 Å². The number of benzene rings is 1. The van der Waals surface area contributed by atoms with Gasteiger partial charge in [0.1, 0.15) is 11.6 Å². The molecule has 0 aliphatic carbocycles. The molecule has 0 aliphatic heterocycles. The monoisotopic (exact) mass is 291 g/mol. The Labute approximate surface area is 103 Å². The highest BCUT2D eigenvalue weighted by Gasteiger charge is 2.11. The molecule has 0 aliphatic rings. The van der Waals surface area contributed by atoms with Gasteiger partial charge in [-0.25, -0.2) is 8.78 Å².